The predicted molar refractivity (Wildman–Crippen MR) is 80.7 cm³/mol. The Hall–Kier alpha value is -2.25. The first-order valence-corrected chi connectivity index (χ1v) is 7.24. The number of nitrogens with zero attached hydrogens (tertiary/aromatic N) is 3. The molecular weight excluding hydrogens is 284 g/mol. The first-order valence-electron chi connectivity index (χ1n) is 7.24. The summed E-state index contributed by atoms with van der Waals surface area (Å²) in [6.07, 6.45) is 0.723. The molecule has 0 saturated carbocycles. The molecule has 0 bridgehead atoms. The number of ether oxygens (including phenoxy) is 1. The second kappa shape index (κ2) is 8.26. The summed E-state index contributed by atoms with van der Waals surface area (Å²) in [5.41, 5.74) is 1.13. The van der Waals surface area contributed by atoms with Gasteiger partial charge in [0.1, 0.15) is 5.69 Å². The summed E-state index contributed by atoms with van der Waals surface area (Å²) in [5, 5.41) is 20.4. The number of aromatic nitrogens is 3. The van der Waals surface area contributed by atoms with Crippen molar-refractivity contribution < 1.29 is 14.6 Å². The highest BCUT2D eigenvalue weighted by atomic mass is 16.5. The van der Waals surface area contributed by atoms with Gasteiger partial charge in [0.25, 0.3) is 5.91 Å². The van der Waals surface area contributed by atoms with Crippen molar-refractivity contribution in [1.82, 2.24) is 20.3 Å². The van der Waals surface area contributed by atoms with Crippen LogP contribution in [0.15, 0.2) is 30.3 Å². The van der Waals surface area contributed by atoms with Crippen LogP contribution in [-0.4, -0.2) is 45.8 Å². The summed E-state index contributed by atoms with van der Waals surface area (Å²) < 4.78 is 5.20. The van der Waals surface area contributed by atoms with E-state index < -0.39 is 0 Å². The van der Waals surface area contributed by atoms with Crippen LogP contribution in [0.5, 0.6) is 0 Å². The van der Waals surface area contributed by atoms with Crippen LogP contribution in [0, 0.1) is 0 Å². The molecule has 0 spiro atoms. The van der Waals surface area contributed by atoms with Crippen molar-refractivity contribution in [2.45, 2.75) is 20.0 Å². The lowest BCUT2D eigenvalue weighted by molar-refractivity contribution is 0.0936. The van der Waals surface area contributed by atoms with Gasteiger partial charge in [-0.15, -0.1) is 10.2 Å². The van der Waals surface area contributed by atoms with E-state index in [1.807, 2.05) is 37.3 Å². The molecule has 0 saturated heterocycles. The molecular formula is C15H20N4O3. The highest BCUT2D eigenvalue weighted by Gasteiger charge is 2.18. The lowest BCUT2D eigenvalue weighted by atomic mass is 10.3. The van der Waals surface area contributed by atoms with Crippen molar-refractivity contribution in [2.75, 3.05) is 19.8 Å². The minimum atomic E-state index is -0.345. The number of para-hydroxylation sites is 1. The van der Waals surface area contributed by atoms with E-state index in [2.05, 4.69) is 15.5 Å². The van der Waals surface area contributed by atoms with Gasteiger partial charge in [-0.3, -0.25) is 4.79 Å². The number of aliphatic hydroxyl groups excluding tert-OH is 1. The molecule has 7 heteroatoms. The number of amides is 1. The summed E-state index contributed by atoms with van der Waals surface area (Å²) in [6, 6.07) is 9.23. The SMILES string of the molecule is CCOCCCNC(=O)c1nn(-c2ccccc2)nc1CO. The van der Waals surface area contributed by atoms with Crippen LogP contribution in [0.3, 0.4) is 0 Å². The number of carbonyl (C=O) groups excluding carboxylic acids is 1. The standard InChI is InChI=1S/C15H20N4O3/c1-2-22-10-6-9-16-15(21)14-13(11-20)17-19(18-14)12-7-4-3-5-8-12/h3-5,7-8,20H,2,6,9-11H2,1H3,(H,16,21). The highest BCUT2D eigenvalue weighted by Crippen LogP contribution is 2.09. The molecule has 118 valence electrons. The van der Waals surface area contributed by atoms with Crippen molar-refractivity contribution in [1.29, 1.82) is 0 Å². The third-order valence-electron chi connectivity index (χ3n) is 2.99. The average molecular weight is 304 g/mol. The number of hydrogen-bond donors (Lipinski definition) is 2. The molecule has 0 atom stereocenters. The van der Waals surface area contributed by atoms with Crippen molar-refractivity contribution in [3.63, 3.8) is 0 Å². The largest absolute Gasteiger partial charge is 0.390 e. The van der Waals surface area contributed by atoms with Crippen LogP contribution in [0.4, 0.5) is 0 Å². The summed E-state index contributed by atoms with van der Waals surface area (Å²) >= 11 is 0. The van der Waals surface area contributed by atoms with Gasteiger partial charge in [-0.2, -0.15) is 4.80 Å². The molecule has 7 nitrogen and oxygen atoms in total. The van der Waals surface area contributed by atoms with Gasteiger partial charge >= 0.3 is 0 Å². The van der Waals surface area contributed by atoms with Gasteiger partial charge in [-0.1, -0.05) is 18.2 Å². The van der Waals surface area contributed by atoms with Crippen molar-refractivity contribution in [3.8, 4) is 5.69 Å². The molecule has 0 aliphatic heterocycles. The van der Waals surface area contributed by atoms with E-state index in [1.165, 1.54) is 4.80 Å². The summed E-state index contributed by atoms with van der Waals surface area (Å²) in [6.45, 7) is 3.33. The summed E-state index contributed by atoms with van der Waals surface area (Å²) in [5.74, 6) is -0.345. The second-order valence-corrected chi connectivity index (χ2v) is 4.58. The number of aliphatic hydroxyl groups is 1. The Labute approximate surface area is 128 Å². The lowest BCUT2D eigenvalue weighted by Gasteiger charge is -2.03. The van der Waals surface area contributed by atoms with Crippen LogP contribution in [0.2, 0.25) is 0 Å². The topological polar surface area (TPSA) is 89.3 Å². The number of rotatable bonds is 8. The lowest BCUT2D eigenvalue weighted by Crippen LogP contribution is -2.26. The van der Waals surface area contributed by atoms with Crippen molar-refractivity contribution >= 4 is 5.91 Å². The Morgan fingerprint density at radius 2 is 2.09 bits per heavy atom. The maximum absolute atomic E-state index is 12.1. The van der Waals surface area contributed by atoms with Crippen molar-refractivity contribution in [3.05, 3.63) is 41.7 Å². The first kappa shape index (κ1) is 16.1. The van der Waals surface area contributed by atoms with Crippen LogP contribution >= 0.6 is 0 Å². The molecule has 1 aromatic heterocycles. The Morgan fingerprint density at radius 3 is 2.77 bits per heavy atom. The van der Waals surface area contributed by atoms with Crippen molar-refractivity contribution in [2.24, 2.45) is 0 Å². The van der Waals surface area contributed by atoms with Gasteiger partial charge in [-0.05, 0) is 25.5 Å². The van der Waals surface area contributed by atoms with Crippen LogP contribution in [0.25, 0.3) is 5.69 Å². The fourth-order valence-electron chi connectivity index (χ4n) is 1.90. The van der Waals surface area contributed by atoms with E-state index in [9.17, 15) is 9.90 Å². The van der Waals surface area contributed by atoms with Crippen LogP contribution in [-0.2, 0) is 11.3 Å². The normalized spacial score (nSPS) is 10.6. The molecule has 0 radical (unpaired) electrons. The van der Waals surface area contributed by atoms with E-state index >= 15 is 0 Å². The molecule has 1 aromatic carbocycles. The van der Waals surface area contributed by atoms with Gasteiger partial charge in [0.05, 0.1) is 12.3 Å². The summed E-state index contributed by atoms with van der Waals surface area (Å²) in [7, 11) is 0. The van der Waals surface area contributed by atoms with Gasteiger partial charge in [0, 0.05) is 19.8 Å². The number of hydrogen-bond acceptors (Lipinski definition) is 5. The zero-order valence-corrected chi connectivity index (χ0v) is 12.5. The van der Waals surface area contributed by atoms with Crippen LogP contribution < -0.4 is 5.32 Å². The number of benzene rings is 1. The van der Waals surface area contributed by atoms with E-state index in [0.717, 1.165) is 12.1 Å². The molecule has 0 fully saturated rings. The molecule has 0 unspecified atom stereocenters. The predicted octanol–water partition coefficient (Wildman–Crippen LogP) is 0.916. The summed E-state index contributed by atoms with van der Waals surface area (Å²) in [4.78, 5) is 13.5. The third-order valence-corrected chi connectivity index (χ3v) is 2.99. The van der Waals surface area contributed by atoms with Gasteiger partial charge < -0.3 is 15.2 Å². The highest BCUT2D eigenvalue weighted by molar-refractivity contribution is 5.93. The Balaban J connectivity index is 2.03. The first-order chi connectivity index (χ1) is 10.8. The molecule has 2 rings (SSSR count). The fraction of sp³-hybridized carbons (Fsp3) is 0.400. The van der Waals surface area contributed by atoms with Gasteiger partial charge in [0.15, 0.2) is 5.69 Å². The van der Waals surface area contributed by atoms with E-state index in [-0.39, 0.29) is 23.9 Å². The third kappa shape index (κ3) is 4.12. The van der Waals surface area contributed by atoms with E-state index in [1.54, 1.807) is 0 Å². The Bertz CT molecular complexity index is 598. The fourth-order valence-corrected chi connectivity index (χ4v) is 1.90. The smallest absolute Gasteiger partial charge is 0.273 e. The molecule has 0 aliphatic carbocycles. The van der Waals surface area contributed by atoms with Gasteiger partial charge in [-0.25, -0.2) is 0 Å². The zero-order chi connectivity index (χ0) is 15.8. The number of nitrogens with one attached hydrogen (secondary N) is 1. The number of carbonyl (C=O) groups is 1. The quantitative estimate of drug-likeness (QED) is 0.708. The van der Waals surface area contributed by atoms with E-state index in [0.29, 0.717) is 19.8 Å². The zero-order valence-electron chi connectivity index (χ0n) is 12.5. The van der Waals surface area contributed by atoms with E-state index in [4.69, 9.17) is 4.74 Å². The Kier molecular flexibility index (Phi) is 6.05. The van der Waals surface area contributed by atoms with Crippen LogP contribution in [0.1, 0.15) is 29.5 Å². The second-order valence-electron chi connectivity index (χ2n) is 4.58. The average Bonchev–Trinajstić information content (AvgIpc) is 3.00. The maximum Gasteiger partial charge on any atom is 0.273 e. The molecule has 1 heterocycles. The minimum absolute atomic E-state index is 0.141. The Morgan fingerprint density at radius 1 is 1.32 bits per heavy atom. The molecule has 2 aromatic rings. The molecule has 1 amide bonds. The maximum atomic E-state index is 12.1. The monoisotopic (exact) mass is 304 g/mol. The minimum Gasteiger partial charge on any atom is -0.390 e. The molecule has 2 N–H and O–H groups in total. The van der Waals surface area contributed by atoms with Gasteiger partial charge in [0.2, 0.25) is 0 Å². The molecule has 22 heavy (non-hydrogen) atoms. The molecule has 0 aliphatic rings.